The molecule has 0 N–H and O–H groups in total. The molecule has 0 aliphatic rings. The Morgan fingerprint density at radius 3 is 1.53 bits per heavy atom. The van der Waals surface area contributed by atoms with Gasteiger partial charge in [-0.25, -0.2) is 0 Å². The first-order valence-electron chi connectivity index (χ1n) is 20.9. The molecule has 0 unspecified atom stereocenters. The van der Waals surface area contributed by atoms with E-state index in [-0.39, 0.29) is 46.4 Å². The maximum absolute atomic E-state index is 9.39. The highest BCUT2D eigenvalue weighted by molar-refractivity contribution is 6.28. The molecule has 0 saturated carbocycles. The zero-order valence-electron chi connectivity index (χ0n) is 36.6. The lowest BCUT2D eigenvalue weighted by molar-refractivity contribution is 0.669. The molecule has 0 aliphatic carbocycles. The Bertz CT molecular complexity index is 3160. The van der Waals surface area contributed by atoms with E-state index >= 15 is 0 Å². The van der Waals surface area contributed by atoms with E-state index in [1.165, 1.54) is 6.07 Å². The smallest absolute Gasteiger partial charge is 0.136 e. The van der Waals surface area contributed by atoms with E-state index in [1.807, 2.05) is 60.7 Å². The molecule has 1 nitrogen and oxygen atoms in total. The Kier molecular flexibility index (Phi) is 3.62. The van der Waals surface area contributed by atoms with Crippen LogP contribution in [-0.4, -0.2) is 0 Å². The number of rotatable bonds is 4. The molecule has 0 saturated heterocycles. The number of fused-ring (bicyclic) bond motifs is 5. The molecule has 0 bridgehead atoms. The zero-order chi connectivity index (χ0) is 41.1. The first-order chi connectivity index (χ1) is 27.7. The van der Waals surface area contributed by atoms with Gasteiger partial charge in [0.2, 0.25) is 0 Å². The first-order valence-corrected chi connectivity index (χ1v) is 14.4. The van der Waals surface area contributed by atoms with Gasteiger partial charge in [0.25, 0.3) is 0 Å². The first kappa shape index (κ1) is 15.7. The third-order valence-corrected chi connectivity index (χ3v) is 8.26. The predicted molar refractivity (Wildman–Crippen MR) is 190 cm³/mol. The van der Waals surface area contributed by atoms with Crippen molar-refractivity contribution in [2.45, 2.75) is 0 Å². The molecular formula is C44H28O. The minimum Gasteiger partial charge on any atom is -0.456 e. The van der Waals surface area contributed by atoms with E-state index in [2.05, 4.69) is 0 Å². The van der Waals surface area contributed by atoms with Crippen molar-refractivity contribution in [3.63, 3.8) is 0 Å². The summed E-state index contributed by atoms with van der Waals surface area (Å²) in [5, 5.41) is 3.67. The Morgan fingerprint density at radius 2 is 0.889 bits per heavy atom. The third-order valence-electron chi connectivity index (χ3n) is 8.26. The van der Waals surface area contributed by atoms with Crippen LogP contribution >= 0.6 is 0 Å². The fraction of sp³-hybridized carbons (Fsp3) is 0. The standard InChI is InChI=1S/C44H28O/c1-3-15-29(16-4-1)31-19-7-8-20-33(31)41-34-21-9-11-23-36(34)42(37-24-12-10-22-35(37)41)44-32(30-17-5-2-6-18-30)27-28-40-43(44)38-25-13-14-26-39(38)45-40/h1-28H/i1D,2D,3D,4D,5D,6D,7D,8D,15D,16D,17D,18D,20D. The fourth-order valence-corrected chi connectivity index (χ4v) is 6.46. The molecule has 1 heteroatoms. The van der Waals surface area contributed by atoms with Gasteiger partial charge in [0.15, 0.2) is 0 Å². The van der Waals surface area contributed by atoms with Crippen LogP contribution in [0.15, 0.2) is 174 Å². The lowest BCUT2D eigenvalue weighted by Crippen LogP contribution is -1.94. The molecule has 0 aliphatic heterocycles. The summed E-state index contributed by atoms with van der Waals surface area (Å²) < 4.78 is 120. The van der Waals surface area contributed by atoms with Crippen LogP contribution in [0, 0.1) is 0 Å². The minimum absolute atomic E-state index is 0.00720. The van der Waals surface area contributed by atoms with E-state index in [0.717, 1.165) is 5.39 Å². The fourth-order valence-electron chi connectivity index (χ4n) is 6.46. The summed E-state index contributed by atoms with van der Waals surface area (Å²) in [5.74, 6) is 0. The molecule has 0 radical (unpaired) electrons. The maximum atomic E-state index is 9.39. The molecule has 45 heavy (non-hydrogen) atoms. The topological polar surface area (TPSA) is 13.1 Å². The van der Waals surface area contributed by atoms with Crippen molar-refractivity contribution in [1.82, 2.24) is 0 Å². The largest absolute Gasteiger partial charge is 0.456 e. The third kappa shape index (κ3) is 4.02. The summed E-state index contributed by atoms with van der Waals surface area (Å²) in [4.78, 5) is 0. The van der Waals surface area contributed by atoms with Crippen molar-refractivity contribution < 1.29 is 22.2 Å². The van der Waals surface area contributed by atoms with E-state index in [0.29, 0.717) is 60.4 Å². The second-order valence-corrected chi connectivity index (χ2v) is 10.6. The molecule has 210 valence electrons. The molecule has 0 fully saturated rings. The van der Waals surface area contributed by atoms with E-state index in [1.54, 1.807) is 24.3 Å². The summed E-state index contributed by atoms with van der Waals surface area (Å²) >= 11 is 0. The van der Waals surface area contributed by atoms with Gasteiger partial charge in [-0.2, -0.15) is 0 Å². The van der Waals surface area contributed by atoms with Crippen molar-refractivity contribution in [3.8, 4) is 44.5 Å². The van der Waals surface area contributed by atoms with Gasteiger partial charge in [-0.1, -0.05) is 157 Å². The Labute approximate surface area is 279 Å². The summed E-state index contributed by atoms with van der Waals surface area (Å²) in [5.41, 5.74) is 2.88. The van der Waals surface area contributed by atoms with Crippen molar-refractivity contribution in [1.29, 1.82) is 0 Å². The molecule has 9 rings (SSSR count). The molecule has 0 spiro atoms. The molecule has 8 aromatic carbocycles. The Balaban J connectivity index is 1.52. The molecule has 1 aromatic heterocycles. The van der Waals surface area contributed by atoms with Gasteiger partial charge in [0, 0.05) is 16.3 Å². The van der Waals surface area contributed by atoms with Gasteiger partial charge in [-0.05, 0) is 72.6 Å². The predicted octanol–water partition coefficient (Wildman–Crippen LogP) is 12.6. The number of para-hydroxylation sites is 1. The molecule has 9 aromatic rings. The van der Waals surface area contributed by atoms with Crippen LogP contribution in [0.4, 0.5) is 0 Å². The van der Waals surface area contributed by atoms with E-state index in [4.69, 9.17) is 20.9 Å². The van der Waals surface area contributed by atoms with Gasteiger partial charge in [0.05, 0.1) is 17.8 Å². The minimum atomic E-state index is -0.592. The van der Waals surface area contributed by atoms with Crippen LogP contribution in [0.2, 0.25) is 0 Å². The average molecular weight is 586 g/mol. The van der Waals surface area contributed by atoms with Crippen LogP contribution in [-0.2, 0) is 0 Å². The van der Waals surface area contributed by atoms with Crippen LogP contribution in [0.5, 0.6) is 0 Å². The van der Waals surface area contributed by atoms with Crippen molar-refractivity contribution in [2.75, 3.05) is 0 Å². The monoisotopic (exact) mass is 585 g/mol. The lowest BCUT2D eigenvalue weighted by Gasteiger charge is -2.21. The van der Waals surface area contributed by atoms with E-state index in [9.17, 15) is 1.37 Å². The number of furan rings is 1. The van der Waals surface area contributed by atoms with Gasteiger partial charge in [0.1, 0.15) is 11.2 Å². The van der Waals surface area contributed by atoms with Gasteiger partial charge >= 0.3 is 0 Å². The molecule has 0 atom stereocenters. The van der Waals surface area contributed by atoms with Gasteiger partial charge in [-0.15, -0.1) is 0 Å². The summed E-state index contributed by atoms with van der Waals surface area (Å²) in [7, 11) is 0. The maximum Gasteiger partial charge on any atom is 0.136 e. The normalized spacial score (nSPS) is 15.6. The number of hydrogen-bond acceptors (Lipinski definition) is 1. The average Bonchev–Trinajstić information content (AvgIpc) is 3.61. The second-order valence-electron chi connectivity index (χ2n) is 10.6. The lowest BCUT2D eigenvalue weighted by atomic mass is 9.81. The van der Waals surface area contributed by atoms with Crippen LogP contribution in [0.3, 0.4) is 0 Å². The summed E-state index contributed by atoms with van der Waals surface area (Å²) in [6.07, 6.45) is 0. The molecule has 1 heterocycles. The van der Waals surface area contributed by atoms with Gasteiger partial charge in [-0.3, -0.25) is 0 Å². The zero-order valence-corrected chi connectivity index (χ0v) is 23.6. The molecular weight excluding hydrogens is 544 g/mol. The second kappa shape index (κ2) is 10.4. The molecule has 0 amide bonds. The van der Waals surface area contributed by atoms with Crippen LogP contribution in [0.25, 0.3) is 88.0 Å². The van der Waals surface area contributed by atoms with Crippen molar-refractivity contribution in [2.24, 2.45) is 0 Å². The Hall–Kier alpha value is -5.92. The highest BCUT2D eigenvalue weighted by Gasteiger charge is 2.24. The van der Waals surface area contributed by atoms with E-state index < -0.39 is 54.4 Å². The highest BCUT2D eigenvalue weighted by Crippen LogP contribution is 2.50. The number of benzene rings is 8. The summed E-state index contributed by atoms with van der Waals surface area (Å²) in [6.45, 7) is 0. The summed E-state index contributed by atoms with van der Waals surface area (Å²) in [6, 6.07) is 20.5. The SMILES string of the molecule is [2H]c1cc(-c2c([2H])c([2H])c([2H])c([2H])c2[2H])c(-c2c3ccccc3c(-c3c(-c4c([2H])c([2H])c([2H])c([2H])c4[2H])ccc4oc5ccccc5c34)c3ccccc23)c([2H])c1[2H]. The number of hydrogen-bond donors (Lipinski definition) is 0. The highest BCUT2D eigenvalue weighted by atomic mass is 16.3. The quantitative estimate of drug-likeness (QED) is 0.187. The Morgan fingerprint density at radius 1 is 0.356 bits per heavy atom. The van der Waals surface area contributed by atoms with Crippen molar-refractivity contribution >= 4 is 43.5 Å². The van der Waals surface area contributed by atoms with Crippen LogP contribution < -0.4 is 0 Å². The van der Waals surface area contributed by atoms with Gasteiger partial charge < -0.3 is 4.42 Å². The van der Waals surface area contributed by atoms with Crippen LogP contribution in [0.1, 0.15) is 17.8 Å². The van der Waals surface area contributed by atoms with Crippen molar-refractivity contribution in [3.05, 3.63) is 170 Å².